The van der Waals surface area contributed by atoms with Gasteiger partial charge < -0.3 is 5.11 Å². The van der Waals surface area contributed by atoms with E-state index in [1.54, 1.807) is 0 Å². The zero-order valence-corrected chi connectivity index (χ0v) is 6.23. The molecule has 0 amide bonds. The first-order valence-electron chi connectivity index (χ1n) is 3.35. The summed E-state index contributed by atoms with van der Waals surface area (Å²) < 4.78 is 0. The summed E-state index contributed by atoms with van der Waals surface area (Å²) in [6.07, 6.45) is 0. The molecule has 4 nitrogen and oxygen atoms in total. The molecular formula is C8H7NO3. The number of phenolic OH excluding ortho intramolecular Hbond substituents is 1. The molecule has 0 fully saturated rings. The fourth-order valence-corrected chi connectivity index (χ4v) is 0.829. The Morgan fingerprint density at radius 2 is 2.25 bits per heavy atom. The van der Waals surface area contributed by atoms with Gasteiger partial charge in [0.25, 0.3) is 0 Å². The molecule has 1 aromatic carbocycles. The minimum Gasteiger partial charge on any atom is -0.508 e. The highest BCUT2D eigenvalue weighted by molar-refractivity contribution is 5.97. The number of Topliss-reactive ketones (excluding diaryl/α,β-unsaturated/α-hetero) is 1. The molecule has 0 spiro atoms. The first-order chi connectivity index (χ1) is 5.74. The molecule has 12 heavy (non-hydrogen) atoms. The lowest BCUT2D eigenvalue weighted by molar-refractivity contribution is 0.100. The largest absolute Gasteiger partial charge is 0.508 e. The van der Waals surface area contributed by atoms with Crippen molar-refractivity contribution < 1.29 is 9.90 Å². The molecule has 0 aliphatic carbocycles. The van der Waals surface area contributed by atoms with Gasteiger partial charge in [0.2, 0.25) is 0 Å². The topological polar surface area (TPSA) is 66.7 Å². The van der Waals surface area contributed by atoms with Gasteiger partial charge in [-0.15, -0.1) is 0 Å². The molecule has 1 rings (SSSR count). The predicted molar refractivity (Wildman–Crippen MR) is 43.1 cm³/mol. The van der Waals surface area contributed by atoms with E-state index in [0.29, 0.717) is 5.56 Å². The van der Waals surface area contributed by atoms with Crippen LogP contribution in [-0.4, -0.2) is 17.4 Å². The number of aromatic hydroxyl groups is 1. The van der Waals surface area contributed by atoms with Crippen LogP contribution in [0.2, 0.25) is 0 Å². The van der Waals surface area contributed by atoms with Crippen LogP contribution >= 0.6 is 0 Å². The van der Waals surface area contributed by atoms with E-state index in [-0.39, 0.29) is 18.1 Å². The molecule has 0 atom stereocenters. The number of rotatable bonds is 3. The molecule has 0 bridgehead atoms. The molecule has 0 aromatic heterocycles. The number of nitroso groups, excluding NO2 is 1. The number of phenols is 1. The molecule has 0 saturated carbocycles. The Hall–Kier alpha value is -1.71. The third-order valence-electron chi connectivity index (χ3n) is 1.38. The number of benzene rings is 1. The van der Waals surface area contributed by atoms with Gasteiger partial charge in [0.15, 0.2) is 5.78 Å². The van der Waals surface area contributed by atoms with Crippen molar-refractivity contribution >= 4 is 5.78 Å². The van der Waals surface area contributed by atoms with Gasteiger partial charge in [-0.1, -0.05) is 17.3 Å². The van der Waals surface area contributed by atoms with Crippen LogP contribution < -0.4 is 0 Å². The number of ketones is 1. The van der Waals surface area contributed by atoms with Crippen molar-refractivity contribution in [3.05, 3.63) is 34.7 Å². The maximum absolute atomic E-state index is 11.0. The van der Waals surface area contributed by atoms with E-state index in [2.05, 4.69) is 5.18 Å². The second-order valence-electron chi connectivity index (χ2n) is 2.26. The quantitative estimate of drug-likeness (QED) is 0.542. The lowest BCUT2D eigenvalue weighted by Gasteiger charge is -1.95. The third-order valence-corrected chi connectivity index (χ3v) is 1.38. The zero-order chi connectivity index (χ0) is 8.97. The highest BCUT2D eigenvalue weighted by Crippen LogP contribution is 2.11. The first-order valence-corrected chi connectivity index (χ1v) is 3.35. The molecule has 0 heterocycles. The van der Waals surface area contributed by atoms with Crippen molar-refractivity contribution in [3.8, 4) is 5.75 Å². The van der Waals surface area contributed by atoms with Gasteiger partial charge in [0, 0.05) is 5.56 Å². The smallest absolute Gasteiger partial charge is 0.187 e. The van der Waals surface area contributed by atoms with Crippen LogP contribution in [0.5, 0.6) is 5.75 Å². The monoisotopic (exact) mass is 165 g/mol. The van der Waals surface area contributed by atoms with Crippen molar-refractivity contribution in [3.63, 3.8) is 0 Å². The van der Waals surface area contributed by atoms with Crippen LogP contribution in [0.15, 0.2) is 29.4 Å². The second-order valence-corrected chi connectivity index (χ2v) is 2.26. The number of hydrogen-bond acceptors (Lipinski definition) is 4. The van der Waals surface area contributed by atoms with Crippen molar-refractivity contribution in [2.75, 3.05) is 6.54 Å². The molecule has 0 unspecified atom stereocenters. The van der Waals surface area contributed by atoms with Gasteiger partial charge in [0.1, 0.15) is 12.3 Å². The van der Waals surface area contributed by atoms with Crippen molar-refractivity contribution in [2.24, 2.45) is 5.18 Å². The number of carbonyl (C=O) groups excluding carboxylic acids is 1. The van der Waals surface area contributed by atoms with Crippen LogP contribution in [0, 0.1) is 4.91 Å². The minimum atomic E-state index is -0.388. The highest BCUT2D eigenvalue weighted by atomic mass is 16.3. The molecule has 4 heteroatoms. The summed E-state index contributed by atoms with van der Waals surface area (Å²) in [5.74, 6) is -0.382. The molecule has 0 aliphatic heterocycles. The Kier molecular flexibility index (Phi) is 2.53. The van der Waals surface area contributed by atoms with Crippen LogP contribution in [-0.2, 0) is 0 Å². The summed E-state index contributed by atoms with van der Waals surface area (Å²) in [7, 11) is 0. The van der Waals surface area contributed by atoms with E-state index in [4.69, 9.17) is 5.11 Å². The average Bonchev–Trinajstić information content (AvgIpc) is 2.05. The number of carbonyl (C=O) groups is 1. The zero-order valence-electron chi connectivity index (χ0n) is 6.23. The molecule has 1 N–H and O–H groups in total. The van der Waals surface area contributed by atoms with Crippen molar-refractivity contribution in [2.45, 2.75) is 0 Å². The molecule has 1 aromatic rings. The third kappa shape index (κ3) is 1.88. The molecular weight excluding hydrogens is 158 g/mol. The average molecular weight is 165 g/mol. The standard InChI is InChI=1S/C8H7NO3/c10-7-3-1-2-6(4-7)8(11)5-9-12/h1-4,10H,5H2. The first kappa shape index (κ1) is 8.39. The SMILES string of the molecule is O=NCC(=O)c1cccc(O)c1. The van der Waals surface area contributed by atoms with E-state index in [0.717, 1.165) is 0 Å². The van der Waals surface area contributed by atoms with Crippen LogP contribution in [0.4, 0.5) is 0 Å². The predicted octanol–water partition coefficient (Wildman–Crippen LogP) is 1.34. The Labute approximate surface area is 68.8 Å². The van der Waals surface area contributed by atoms with Crippen LogP contribution in [0.3, 0.4) is 0 Å². The van der Waals surface area contributed by atoms with E-state index in [9.17, 15) is 9.70 Å². The molecule has 0 aliphatic rings. The summed E-state index contributed by atoms with van der Waals surface area (Å²) in [6, 6.07) is 5.80. The molecule has 0 radical (unpaired) electrons. The summed E-state index contributed by atoms with van der Waals surface area (Å²) in [4.78, 5) is 20.7. The van der Waals surface area contributed by atoms with Gasteiger partial charge in [-0.3, -0.25) is 4.79 Å². The van der Waals surface area contributed by atoms with Gasteiger partial charge >= 0.3 is 0 Å². The number of nitrogens with zero attached hydrogens (tertiary/aromatic N) is 1. The normalized spacial score (nSPS) is 9.33. The van der Waals surface area contributed by atoms with Gasteiger partial charge in [-0.2, -0.15) is 4.91 Å². The van der Waals surface area contributed by atoms with E-state index in [1.165, 1.54) is 24.3 Å². The molecule has 62 valence electrons. The lowest BCUT2D eigenvalue weighted by Crippen LogP contribution is -2.01. The molecule has 0 saturated heterocycles. The Balaban J connectivity index is 2.87. The fraction of sp³-hybridized carbons (Fsp3) is 0.125. The van der Waals surface area contributed by atoms with E-state index in [1.807, 2.05) is 0 Å². The van der Waals surface area contributed by atoms with Crippen LogP contribution in [0.25, 0.3) is 0 Å². The second kappa shape index (κ2) is 3.61. The van der Waals surface area contributed by atoms with Crippen LogP contribution in [0.1, 0.15) is 10.4 Å². The maximum Gasteiger partial charge on any atom is 0.187 e. The Bertz CT molecular complexity index is 309. The van der Waals surface area contributed by atoms with Gasteiger partial charge in [-0.05, 0) is 12.1 Å². The summed E-state index contributed by atoms with van der Waals surface area (Å²) in [5, 5.41) is 11.4. The number of hydrogen-bond donors (Lipinski definition) is 1. The summed E-state index contributed by atoms with van der Waals surface area (Å²) in [6.45, 7) is -0.385. The van der Waals surface area contributed by atoms with E-state index >= 15 is 0 Å². The Morgan fingerprint density at radius 3 is 2.83 bits per heavy atom. The summed E-state index contributed by atoms with van der Waals surface area (Å²) in [5.41, 5.74) is 0.301. The minimum absolute atomic E-state index is 0.00625. The van der Waals surface area contributed by atoms with E-state index < -0.39 is 0 Å². The Morgan fingerprint density at radius 1 is 1.50 bits per heavy atom. The highest BCUT2D eigenvalue weighted by Gasteiger charge is 2.05. The fourth-order valence-electron chi connectivity index (χ4n) is 0.829. The van der Waals surface area contributed by atoms with Gasteiger partial charge in [0.05, 0.1) is 0 Å². The van der Waals surface area contributed by atoms with Gasteiger partial charge in [-0.25, -0.2) is 0 Å². The van der Waals surface area contributed by atoms with Crippen molar-refractivity contribution in [1.29, 1.82) is 0 Å². The lowest BCUT2D eigenvalue weighted by atomic mass is 10.1. The van der Waals surface area contributed by atoms with Crippen molar-refractivity contribution in [1.82, 2.24) is 0 Å². The maximum atomic E-state index is 11.0. The summed E-state index contributed by atoms with van der Waals surface area (Å²) >= 11 is 0.